The largest absolute Gasteiger partial charge is 0.478 e. The van der Waals surface area contributed by atoms with Gasteiger partial charge in [0.1, 0.15) is 17.5 Å². The number of nitrogens with zero attached hydrogens (tertiary/aromatic N) is 4. The summed E-state index contributed by atoms with van der Waals surface area (Å²) < 4.78 is 12.8. The highest BCUT2D eigenvalue weighted by molar-refractivity contribution is 5.92. The quantitative estimate of drug-likeness (QED) is 0.577. The lowest BCUT2D eigenvalue weighted by Crippen LogP contribution is -2.30. The van der Waals surface area contributed by atoms with Crippen LogP contribution in [0.25, 0.3) is 0 Å². The highest BCUT2D eigenvalue weighted by atomic mass is 16.5. The van der Waals surface area contributed by atoms with E-state index >= 15 is 0 Å². The van der Waals surface area contributed by atoms with E-state index in [0.717, 1.165) is 0 Å². The predicted octanol–water partition coefficient (Wildman–Crippen LogP) is 3.02. The zero-order chi connectivity index (χ0) is 22.0. The van der Waals surface area contributed by atoms with Gasteiger partial charge in [0.2, 0.25) is 5.95 Å². The van der Waals surface area contributed by atoms with Crippen molar-refractivity contribution >= 4 is 17.9 Å². The molecule has 1 atom stereocenters. The molecular formula is C21H19N5O5. The Morgan fingerprint density at radius 1 is 1.19 bits per heavy atom. The number of carbonyl (C=O) groups is 2. The Balaban J connectivity index is 1.81. The molecule has 2 aromatic carbocycles. The van der Waals surface area contributed by atoms with Crippen molar-refractivity contribution in [1.29, 1.82) is 0 Å². The van der Waals surface area contributed by atoms with Crippen LogP contribution in [0, 0.1) is 0 Å². The summed E-state index contributed by atoms with van der Waals surface area (Å²) in [6.07, 6.45) is 0. The first kappa shape index (κ1) is 20.1. The van der Waals surface area contributed by atoms with Crippen LogP contribution in [0.5, 0.6) is 11.5 Å². The summed E-state index contributed by atoms with van der Waals surface area (Å²) >= 11 is 0. The van der Waals surface area contributed by atoms with Crippen LogP contribution in [0.2, 0.25) is 0 Å². The number of para-hydroxylation sites is 1. The van der Waals surface area contributed by atoms with Crippen molar-refractivity contribution in [2.45, 2.75) is 19.9 Å². The Kier molecular flexibility index (Phi) is 5.35. The molecule has 0 amide bonds. The van der Waals surface area contributed by atoms with Gasteiger partial charge in [0.15, 0.2) is 0 Å². The lowest BCUT2D eigenvalue weighted by Gasteiger charge is -2.28. The number of carbonyl (C=O) groups excluding carboxylic acids is 1. The molecule has 1 aliphatic rings. The van der Waals surface area contributed by atoms with Crippen molar-refractivity contribution in [3.63, 3.8) is 0 Å². The molecule has 0 spiro atoms. The Morgan fingerprint density at radius 2 is 2.00 bits per heavy atom. The van der Waals surface area contributed by atoms with E-state index < -0.39 is 18.0 Å². The molecule has 0 saturated carbocycles. The molecule has 1 aromatic heterocycles. The van der Waals surface area contributed by atoms with Gasteiger partial charge in [-0.15, -0.1) is 0 Å². The molecule has 0 fully saturated rings. The van der Waals surface area contributed by atoms with Gasteiger partial charge in [-0.25, -0.2) is 9.59 Å². The van der Waals surface area contributed by atoms with Gasteiger partial charge in [-0.1, -0.05) is 29.4 Å². The van der Waals surface area contributed by atoms with Gasteiger partial charge in [-0.3, -0.25) is 0 Å². The summed E-state index contributed by atoms with van der Waals surface area (Å²) in [5, 5.41) is 24.0. The van der Waals surface area contributed by atoms with E-state index in [4.69, 9.17) is 9.47 Å². The topological polar surface area (TPSA) is 128 Å². The minimum Gasteiger partial charge on any atom is -0.478 e. The maximum Gasteiger partial charge on any atom is 0.338 e. The van der Waals surface area contributed by atoms with E-state index in [1.54, 1.807) is 50.2 Å². The lowest BCUT2D eigenvalue weighted by molar-refractivity contribution is -0.139. The zero-order valence-corrected chi connectivity index (χ0v) is 16.8. The van der Waals surface area contributed by atoms with Crippen LogP contribution in [0.4, 0.5) is 5.95 Å². The second kappa shape index (κ2) is 8.27. The van der Waals surface area contributed by atoms with Gasteiger partial charge >= 0.3 is 11.9 Å². The molecule has 1 unspecified atom stereocenters. The van der Waals surface area contributed by atoms with E-state index in [0.29, 0.717) is 34.3 Å². The molecule has 31 heavy (non-hydrogen) atoms. The van der Waals surface area contributed by atoms with Crippen LogP contribution >= 0.6 is 0 Å². The maximum absolute atomic E-state index is 12.8. The van der Waals surface area contributed by atoms with Crippen molar-refractivity contribution in [1.82, 2.24) is 20.2 Å². The average molecular weight is 421 g/mol. The molecule has 2 heterocycles. The smallest absolute Gasteiger partial charge is 0.338 e. The Labute approximate surface area is 177 Å². The number of esters is 1. The highest BCUT2D eigenvalue weighted by Crippen LogP contribution is 2.40. The summed E-state index contributed by atoms with van der Waals surface area (Å²) in [6, 6.07) is 12.6. The Morgan fingerprint density at radius 3 is 2.77 bits per heavy atom. The first-order chi connectivity index (χ1) is 15.0. The maximum atomic E-state index is 12.8. The number of hydrogen-bond donors (Lipinski definition) is 2. The first-order valence-electron chi connectivity index (χ1n) is 9.52. The third-order valence-electron chi connectivity index (χ3n) is 4.73. The molecule has 0 aliphatic carbocycles. The number of ether oxygens (including phenoxy) is 2. The van der Waals surface area contributed by atoms with Crippen molar-refractivity contribution in [3.8, 4) is 11.5 Å². The summed E-state index contributed by atoms with van der Waals surface area (Å²) in [4.78, 5) is 24.1. The van der Waals surface area contributed by atoms with Gasteiger partial charge < -0.3 is 19.9 Å². The number of benzene rings is 2. The number of aromatic nitrogens is 4. The van der Waals surface area contributed by atoms with Crippen molar-refractivity contribution in [2.75, 3.05) is 11.9 Å². The Hall–Kier alpha value is -4.21. The normalized spacial score (nSPS) is 15.1. The average Bonchev–Trinajstić information content (AvgIpc) is 3.21. The lowest BCUT2D eigenvalue weighted by atomic mass is 9.95. The van der Waals surface area contributed by atoms with Gasteiger partial charge in [0.05, 0.1) is 17.7 Å². The number of anilines is 1. The van der Waals surface area contributed by atoms with Gasteiger partial charge in [-0.2, -0.15) is 4.68 Å². The number of rotatable bonds is 6. The second-order valence-corrected chi connectivity index (χ2v) is 6.71. The number of hydrogen-bond acceptors (Lipinski definition) is 8. The molecule has 158 valence electrons. The molecule has 3 aromatic rings. The van der Waals surface area contributed by atoms with Crippen LogP contribution in [0.15, 0.2) is 59.8 Å². The zero-order valence-electron chi connectivity index (χ0n) is 16.8. The molecule has 0 bridgehead atoms. The minimum absolute atomic E-state index is 0.0996. The number of nitrogens with one attached hydrogen (secondary N) is 1. The van der Waals surface area contributed by atoms with E-state index in [-0.39, 0.29) is 12.2 Å². The van der Waals surface area contributed by atoms with Crippen molar-refractivity contribution < 1.29 is 24.2 Å². The Bertz CT molecular complexity index is 1190. The number of allylic oxidation sites excluding steroid dienone is 1. The van der Waals surface area contributed by atoms with E-state index in [1.807, 2.05) is 0 Å². The number of carboxylic acids is 1. The van der Waals surface area contributed by atoms with Crippen molar-refractivity contribution in [2.24, 2.45) is 0 Å². The second-order valence-electron chi connectivity index (χ2n) is 6.71. The van der Waals surface area contributed by atoms with Crippen LogP contribution in [0.1, 0.15) is 35.8 Å². The van der Waals surface area contributed by atoms with E-state index in [9.17, 15) is 14.7 Å². The number of aromatic carboxylic acids is 1. The molecule has 10 nitrogen and oxygen atoms in total. The van der Waals surface area contributed by atoms with Gasteiger partial charge in [0, 0.05) is 11.3 Å². The monoisotopic (exact) mass is 421 g/mol. The standard InChI is InChI=1S/C21H19N5O5/c1-3-30-20(29)17-12(2)22-21-23-24-25-26(21)18(17)15-9-4-5-10-16(15)31-14-8-6-7-13(11-14)19(27)28/h4-11,18H,3H2,1-2H3,(H,27,28)(H,22,23,25). The number of tetrazole rings is 1. The number of fused-ring (bicyclic) bond motifs is 1. The fourth-order valence-electron chi connectivity index (χ4n) is 3.39. The third-order valence-corrected chi connectivity index (χ3v) is 4.73. The summed E-state index contributed by atoms with van der Waals surface area (Å²) in [6.45, 7) is 3.69. The van der Waals surface area contributed by atoms with Crippen molar-refractivity contribution in [3.05, 3.63) is 70.9 Å². The highest BCUT2D eigenvalue weighted by Gasteiger charge is 2.36. The van der Waals surface area contributed by atoms with Gasteiger partial charge in [-0.05, 0) is 48.5 Å². The summed E-state index contributed by atoms with van der Waals surface area (Å²) in [7, 11) is 0. The molecule has 0 saturated heterocycles. The molecular weight excluding hydrogens is 402 g/mol. The molecule has 1 aliphatic heterocycles. The SMILES string of the molecule is CCOC(=O)C1=C(C)Nc2nnnn2C1c1ccccc1Oc1cccc(C(=O)O)c1. The van der Waals surface area contributed by atoms with E-state index in [2.05, 4.69) is 20.8 Å². The summed E-state index contributed by atoms with van der Waals surface area (Å²) in [5.41, 5.74) is 1.62. The number of carboxylic acid groups (broad SMARTS) is 1. The molecule has 0 radical (unpaired) electrons. The van der Waals surface area contributed by atoms with E-state index in [1.165, 1.54) is 16.8 Å². The van der Waals surface area contributed by atoms with Crippen LogP contribution in [0.3, 0.4) is 0 Å². The summed E-state index contributed by atoms with van der Waals surface area (Å²) in [5.74, 6) is -0.414. The first-order valence-corrected chi connectivity index (χ1v) is 9.52. The molecule has 4 rings (SSSR count). The van der Waals surface area contributed by atoms with Crippen LogP contribution in [-0.2, 0) is 9.53 Å². The van der Waals surface area contributed by atoms with Gasteiger partial charge in [0.25, 0.3) is 0 Å². The van der Waals surface area contributed by atoms with Crippen LogP contribution in [-0.4, -0.2) is 43.9 Å². The molecule has 2 N–H and O–H groups in total. The fourth-order valence-corrected chi connectivity index (χ4v) is 3.39. The predicted molar refractivity (Wildman–Crippen MR) is 109 cm³/mol. The minimum atomic E-state index is -1.06. The van der Waals surface area contributed by atoms with Crippen LogP contribution < -0.4 is 10.1 Å². The third kappa shape index (κ3) is 3.82. The molecule has 10 heteroatoms. The fraction of sp³-hybridized carbons (Fsp3) is 0.190.